The van der Waals surface area contributed by atoms with Gasteiger partial charge in [-0.2, -0.15) is 0 Å². The molecule has 0 spiro atoms. The first-order valence-electron chi connectivity index (χ1n) is 5.96. The summed E-state index contributed by atoms with van der Waals surface area (Å²) in [7, 11) is -3.00. The van der Waals surface area contributed by atoms with Crippen LogP contribution in [0.2, 0.25) is 0 Å². The molecule has 4 heteroatoms. The monoisotopic (exact) mass is 254 g/mol. The van der Waals surface area contributed by atoms with E-state index >= 15 is 0 Å². The van der Waals surface area contributed by atoms with E-state index < -0.39 is 15.4 Å². The normalized spacial score (nSPS) is 27.1. The Kier molecular flexibility index (Phi) is 3.54. The lowest BCUT2D eigenvalue weighted by Gasteiger charge is -2.20. The highest BCUT2D eigenvalue weighted by molar-refractivity contribution is 7.91. The van der Waals surface area contributed by atoms with Gasteiger partial charge in [0.15, 0.2) is 9.84 Å². The van der Waals surface area contributed by atoms with Crippen LogP contribution in [0.4, 0.5) is 0 Å². The lowest BCUT2D eigenvalue weighted by molar-refractivity contribution is 0.0565. The van der Waals surface area contributed by atoms with E-state index in [0.717, 1.165) is 12.8 Å². The van der Waals surface area contributed by atoms with Gasteiger partial charge in [-0.1, -0.05) is 30.3 Å². The van der Waals surface area contributed by atoms with Crippen molar-refractivity contribution >= 4 is 9.84 Å². The quantitative estimate of drug-likeness (QED) is 0.887. The Hall–Kier alpha value is -0.870. The molecule has 1 aliphatic rings. The number of aliphatic hydroxyl groups is 1. The smallest absolute Gasteiger partial charge is 0.153 e. The number of rotatable bonds is 4. The van der Waals surface area contributed by atoms with Crippen LogP contribution < -0.4 is 0 Å². The first-order valence-corrected chi connectivity index (χ1v) is 7.78. The predicted octanol–water partition coefficient (Wildman–Crippen LogP) is 1.56. The molecule has 1 unspecified atom stereocenters. The molecule has 1 heterocycles. The van der Waals surface area contributed by atoms with Gasteiger partial charge in [-0.3, -0.25) is 0 Å². The summed E-state index contributed by atoms with van der Waals surface area (Å²) < 4.78 is 22.6. The van der Waals surface area contributed by atoms with Gasteiger partial charge >= 0.3 is 0 Å². The molecule has 0 amide bonds. The third-order valence-electron chi connectivity index (χ3n) is 3.32. The van der Waals surface area contributed by atoms with Crippen LogP contribution in [0.15, 0.2) is 30.3 Å². The van der Waals surface area contributed by atoms with Crippen molar-refractivity contribution in [3.05, 3.63) is 35.9 Å². The zero-order valence-corrected chi connectivity index (χ0v) is 10.6. The molecule has 17 heavy (non-hydrogen) atoms. The topological polar surface area (TPSA) is 54.4 Å². The second kappa shape index (κ2) is 4.78. The van der Waals surface area contributed by atoms with Gasteiger partial charge in [0.25, 0.3) is 0 Å². The second-order valence-corrected chi connectivity index (χ2v) is 7.09. The Bertz CT molecular complexity index is 467. The third-order valence-corrected chi connectivity index (χ3v) is 5.12. The number of hydrogen-bond donors (Lipinski definition) is 1. The van der Waals surface area contributed by atoms with Crippen LogP contribution in [0.1, 0.15) is 24.8 Å². The van der Waals surface area contributed by atoms with Crippen molar-refractivity contribution in [2.75, 3.05) is 11.5 Å². The molecule has 0 saturated carbocycles. The molecule has 0 radical (unpaired) electrons. The molecule has 1 N–H and O–H groups in total. The minimum atomic E-state index is -3.00. The predicted molar refractivity (Wildman–Crippen MR) is 67.6 cm³/mol. The molecule has 1 atom stereocenters. The highest BCUT2D eigenvalue weighted by Gasteiger charge is 2.39. The summed E-state index contributed by atoms with van der Waals surface area (Å²) in [5.74, 6) is 0.0730. The van der Waals surface area contributed by atoms with Crippen molar-refractivity contribution in [3.63, 3.8) is 0 Å². The first-order chi connectivity index (χ1) is 7.99. The van der Waals surface area contributed by atoms with E-state index in [0.29, 0.717) is 12.8 Å². The van der Waals surface area contributed by atoms with Crippen molar-refractivity contribution in [1.82, 2.24) is 0 Å². The molecule has 1 aromatic rings. The van der Waals surface area contributed by atoms with E-state index in [2.05, 4.69) is 12.1 Å². The minimum absolute atomic E-state index is 0.0607. The van der Waals surface area contributed by atoms with Crippen molar-refractivity contribution in [2.24, 2.45) is 0 Å². The van der Waals surface area contributed by atoms with Gasteiger partial charge in [-0.05, 0) is 31.2 Å². The minimum Gasteiger partial charge on any atom is -0.389 e. The van der Waals surface area contributed by atoms with Gasteiger partial charge in [0.05, 0.1) is 17.1 Å². The van der Waals surface area contributed by atoms with E-state index in [-0.39, 0.29) is 11.5 Å². The Balaban J connectivity index is 1.83. The molecule has 94 valence electrons. The van der Waals surface area contributed by atoms with E-state index in [9.17, 15) is 13.5 Å². The fourth-order valence-electron chi connectivity index (χ4n) is 2.36. The summed E-state index contributed by atoms with van der Waals surface area (Å²) in [6.45, 7) is 0. The SMILES string of the molecule is O=S1(=O)CCC(O)(CCCc2ccccc2)C1. The number of benzene rings is 1. The number of hydrogen-bond acceptors (Lipinski definition) is 3. The van der Waals surface area contributed by atoms with Gasteiger partial charge in [0.2, 0.25) is 0 Å². The molecule has 1 aromatic carbocycles. The number of aryl methyl sites for hydroxylation is 1. The molecule has 1 aliphatic heterocycles. The Morgan fingerprint density at radius 2 is 1.94 bits per heavy atom. The van der Waals surface area contributed by atoms with Crippen LogP contribution in [0.5, 0.6) is 0 Å². The second-order valence-electron chi connectivity index (χ2n) is 4.91. The lowest BCUT2D eigenvalue weighted by atomic mass is 9.95. The first kappa shape index (κ1) is 12.6. The van der Waals surface area contributed by atoms with E-state index in [1.54, 1.807) is 0 Å². The number of sulfone groups is 1. The molecular weight excluding hydrogens is 236 g/mol. The van der Waals surface area contributed by atoms with Gasteiger partial charge in [-0.15, -0.1) is 0 Å². The standard InChI is InChI=1S/C13H18O3S/c14-13(9-10-17(15,16)11-13)8-4-7-12-5-2-1-3-6-12/h1-3,5-6,14H,4,7-11H2. The highest BCUT2D eigenvalue weighted by Crippen LogP contribution is 2.28. The summed E-state index contributed by atoms with van der Waals surface area (Å²) in [5.41, 5.74) is 0.255. The highest BCUT2D eigenvalue weighted by atomic mass is 32.2. The molecule has 0 bridgehead atoms. The maximum Gasteiger partial charge on any atom is 0.153 e. The summed E-state index contributed by atoms with van der Waals surface area (Å²) in [5, 5.41) is 10.1. The van der Waals surface area contributed by atoms with Crippen LogP contribution in [0.3, 0.4) is 0 Å². The Labute approximate surface area is 102 Å². The maximum atomic E-state index is 11.3. The summed E-state index contributed by atoms with van der Waals surface area (Å²) >= 11 is 0. The van der Waals surface area contributed by atoms with Crippen LogP contribution in [-0.4, -0.2) is 30.6 Å². The molecule has 1 fully saturated rings. The zero-order chi connectivity index (χ0) is 12.4. The molecule has 0 aromatic heterocycles. The van der Waals surface area contributed by atoms with Crippen molar-refractivity contribution in [2.45, 2.75) is 31.3 Å². The lowest BCUT2D eigenvalue weighted by Crippen LogP contribution is -2.29. The van der Waals surface area contributed by atoms with Gasteiger partial charge in [0.1, 0.15) is 0 Å². The molecule has 0 aliphatic carbocycles. The maximum absolute atomic E-state index is 11.3. The fraction of sp³-hybridized carbons (Fsp3) is 0.538. The molecule has 2 rings (SSSR count). The average molecular weight is 254 g/mol. The van der Waals surface area contributed by atoms with E-state index in [4.69, 9.17) is 0 Å². The molecule has 1 saturated heterocycles. The van der Waals surface area contributed by atoms with Gasteiger partial charge < -0.3 is 5.11 Å². The summed E-state index contributed by atoms with van der Waals surface area (Å²) in [6, 6.07) is 10.1. The van der Waals surface area contributed by atoms with Crippen LogP contribution >= 0.6 is 0 Å². The zero-order valence-electron chi connectivity index (χ0n) is 9.80. The van der Waals surface area contributed by atoms with Crippen LogP contribution in [0, 0.1) is 0 Å². The van der Waals surface area contributed by atoms with Crippen molar-refractivity contribution < 1.29 is 13.5 Å². The van der Waals surface area contributed by atoms with Crippen molar-refractivity contribution in [1.29, 1.82) is 0 Å². The van der Waals surface area contributed by atoms with E-state index in [1.165, 1.54) is 5.56 Å². The van der Waals surface area contributed by atoms with Crippen LogP contribution in [-0.2, 0) is 16.3 Å². The average Bonchev–Trinajstić information content (AvgIpc) is 2.55. The Morgan fingerprint density at radius 3 is 2.53 bits per heavy atom. The van der Waals surface area contributed by atoms with Crippen LogP contribution in [0.25, 0.3) is 0 Å². The summed E-state index contributed by atoms with van der Waals surface area (Å²) in [4.78, 5) is 0. The molecular formula is C13H18O3S. The van der Waals surface area contributed by atoms with Gasteiger partial charge in [-0.25, -0.2) is 8.42 Å². The summed E-state index contributed by atoms with van der Waals surface area (Å²) in [6.07, 6.45) is 2.68. The van der Waals surface area contributed by atoms with Crippen molar-refractivity contribution in [3.8, 4) is 0 Å². The molecule has 3 nitrogen and oxygen atoms in total. The fourth-order valence-corrected chi connectivity index (χ4v) is 4.31. The van der Waals surface area contributed by atoms with Gasteiger partial charge in [0, 0.05) is 0 Å². The largest absolute Gasteiger partial charge is 0.389 e. The Morgan fingerprint density at radius 1 is 1.24 bits per heavy atom. The third kappa shape index (κ3) is 3.54. The van der Waals surface area contributed by atoms with E-state index in [1.807, 2.05) is 18.2 Å².